The quantitative estimate of drug-likeness (QED) is 0.694. The summed E-state index contributed by atoms with van der Waals surface area (Å²) in [6.45, 7) is 3.03. The van der Waals surface area contributed by atoms with Crippen molar-refractivity contribution in [1.29, 1.82) is 5.26 Å². The summed E-state index contributed by atoms with van der Waals surface area (Å²) >= 11 is 5.87. The first-order valence-electron chi connectivity index (χ1n) is 6.50. The van der Waals surface area contributed by atoms with Crippen LogP contribution in [0, 0.1) is 16.7 Å². The van der Waals surface area contributed by atoms with E-state index in [0.717, 1.165) is 19.6 Å². The largest absolute Gasteiger partial charge is 0.301 e. The average Bonchev–Trinajstić information content (AvgIpc) is 2.33. The Bertz CT molecular complexity index is 256. The fourth-order valence-corrected chi connectivity index (χ4v) is 3.47. The molecule has 1 spiro atoms. The fourth-order valence-electron chi connectivity index (χ4n) is 3.28. The molecule has 0 radical (unpaired) electrons. The standard InChI is InChI=1S/C13H21ClN2/c14-12(10-15)11-16-8-6-13(7-9-16)4-2-1-3-5-13/h12H,1-9,11H2. The van der Waals surface area contributed by atoms with Crippen LogP contribution in [-0.2, 0) is 0 Å². The molecule has 0 bridgehead atoms. The minimum Gasteiger partial charge on any atom is -0.301 e. The van der Waals surface area contributed by atoms with Gasteiger partial charge in [0, 0.05) is 6.54 Å². The fraction of sp³-hybridized carbons (Fsp3) is 0.923. The van der Waals surface area contributed by atoms with Gasteiger partial charge in [-0.25, -0.2) is 0 Å². The van der Waals surface area contributed by atoms with Crippen molar-refractivity contribution in [3.63, 3.8) is 0 Å². The lowest BCUT2D eigenvalue weighted by molar-refractivity contribution is 0.0693. The van der Waals surface area contributed by atoms with Crippen LogP contribution in [-0.4, -0.2) is 29.9 Å². The Balaban J connectivity index is 1.80. The molecule has 1 saturated carbocycles. The molecule has 3 heteroatoms. The number of nitriles is 1. The van der Waals surface area contributed by atoms with Crippen molar-refractivity contribution >= 4 is 11.6 Å². The maximum Gasteiger partial charge on any atom is 0.133 e. The van der Waals surface area contributed by atoms with Gasteiger partial charge in [0.1, 0.15) is 5.38 Å². The molecular weight excluding hydrogens is 220 g/mol. The lowest BCUT2D eigenvalue weighted by Gasteiger charge is -2.44. The summed E-state index contributed by atoms with van der Waals surface area (Å²) < 4.78 is 0. The van der Waals surface area contributed by atoms with Gasteiger partial charge in [0.25, 0.3) is 0 Å². The molecule has 0 amide bonds. The molecule has 2 rings (SSSR count). The molecule has 0 aromatic heterocycles. The zero-order valence-electron chi connectivity index (χ0n) is 9.92. The van der Waals surface area contributed by atoms with Gasteiger partial charge in [0.05, 0.1) is 6.07 Å². The summed E-state index contributed by atoms with van der Waals surface area (Å²) in [5, 5.41) is 8.37. The second-order valence-corrected chi connectivity index (χ2v) is 5.98. The Hall–Kier alpha value is -0.260. The first-order chi connectivity index (χ1) is 7.74. The van der Waals surface area contributed by atoms with Gasteiger partial charge in [-0.2, -0.15) is 5.26 Å². The van der Waals surface area contributed by atoms with Crippen LogP contribution in [0.1, 0.15) is 44.9 Å². The molecule has 2 nitrogen and oxygen atoms in total. The van der Waals surface area contributed by atoms with Crippen LogP contribution in [0.25, 0.3) is 0 Å². The van der Waals surface area contributed by atoms with Gasteiger partial charge in [-0.3, -0.25) is 0 Å². The van der Waals surface area contributed by atoms with Crippen molar-refractivity contribution in [2.24, 2.45) is 5.41 Å². The molecule has 0 N–H and O–H groups in total. The third-order valence-corrected chi connectivity index (χ3v) is 4.63. The molecule has 16 heavy (non-hydrogen) atoms. The summed E-state index contributed by atoms with van der Waals surface area (Å²) in [7, 11) is 0. The summed E-state index contributed by atoms with van der Waals surface area (Å²) in [4.78, 5) is 2.36. The molecule has 0 aromatic carbocycles. The molecule has 1 aliphatic carbocycles. The molecular formula is C13H21ClN2. The predicted octanol–water partition coefficient (Wildman–Crippen LogP) is 3.16. The Morgan fingerprint density at radius 2 is 1.75 bits per heavy atom. The molecule has 1 aliphatic heterocycles. The maximum atomic E-state index is 8.70. The number of rotatable bonds is 2. The van der Waals surface area contributed by atoms with Crippen molar-refractivity contribution in [3.8, 4) is 6.07 Å². The summed E-state index contributed by atoms with van der Waals surface area (Å²) in [5.74, 6) is 0. The number of hydrogen-bond acceptors (Lipinski definition) is 2. The average molecular weight is 241 g/mol. The van der Waals surface area contributed by atoms with Crippen molar-refractivity contribution in [3.05, 3.63) is 0 Å². The van der Waals surface area contributed by atoms with Crippen LogP contribution in [0.5, 0.6) is 0 Å². The molecule has 2 aliphatic rings. The summed E-state index contributed by atoms with van der Waals surface area (Å²) in [5.41, 5.74) is 0.656. The number of hydrogen-bond donors (Lipinski definition) is 0. The van der Waals surface area contributed by atoms with E-state index in [-0.39, 0.29) is 5.38 Å². The number of halogens is 1. The van der Waals surface area contributed by atoms with Crippen molar-refractivity contribution in [2.45, 2.75) is 50.3 Å². The molecule has 1 atom stereocenters. The van der Waals surface area contributed by atoms with E-state index in [2.05, 4.69) is 11.0 Å². The van der Waals surface area contributed by atoms with Crippen molar-refractivity contribution < 1.29 is 0 Å². The summed E-state index contributed by atoms with van der Waals surface area (Å²) in [6, 6.07) is 2.11. The summed E-state index contributed by atoms with van der Waals surface area (Å²) in [6.07, 6.45) is 9.80. The van der Waals surface area contributed by atoms with Gasteiger partial charge in [-0.05, 0) is 44.2 Å². The first kappa shape index (κ1) is 12.2. The van der Waals surface area contributed by atoms with E-state index >= 15 is 0 Å². The number of alkyl halides is 1. The van der Waals surface area contributed by atoms with Gasteiger partial charge in [-0.1, -0.05) is 19.3 Å². The SMILES string of the molecule is N#CC(Cl)CN1CCC2(CCCCC2)CC1. The highest BCUT2D eigenvalue weighted by Gasteiger charge is 2.35. The van der Waals surface area contributed by atoms with Gasteiger partial charge in [0.15, 0.2) is 0 Å². The Kier molecular flexibility index (Phi) is 4.10. The lowest BCUT2D eigenvalue weighted by Crippen LogP contribution is -2.43. The highest BCUT2D eigenvalue weighted by molar-refractivity contribution is 6.22. The normalized spacial score (nSPS) is 27.5. The van der Waals surface area contributed by atoms with Crippen molar-refractivity contribution in [1.82, 2.24) is 4.90 Å². The third-order valence-electron chi connectivity index (χ3n) is 4.39. The minimum absolute atomic E-state index is 0.333. The van der Waals surface area contributed by atoms with E-state index in [9.17, 15) is 0 Å². The van der Waals surface area contributed by atoms with E-state index in [1.807, 2.05) is 0 Å². The van der Waals surface area contributed by atoms with Crippen LogP contribution < -0.4 is 0 Å². The van der Waals surface area contributed by atoms with Gasteiger partial charge < -0.3 is 4.90 Å². The first-order valence-corrected chi connectivity index (χ1v) is 6.94. The number of nitrogens with zero attached hydrogens (tertiary/aromatic N) is 2. The Morgan fingerprint density at radius 1 is 1.12 bits per heavy atom. The zero-order valence-corrected chi connectivity index (χ0v) is 10.7. The smallest absolute Gasteiger partial charge is 0.133 e. The third kappa shape index (κ3) is 2.90. The predicted molar refractivity (Wildman–Crippen MR) is 66.4 cm³/mol. The highest BCUT2D eigenvalue weighted by atomic mass is 35.5. The van der Waals surface area contributed by atoms with Crippen LogP contribution >= 0.6 is 11.6 Å². The van der Waals surface area contributed by atoms with Gasteiger partial charge in [0.2, 0.25) is 0 Å². The van der Waals surface area contributed by atoms with Crippen molar-refractivity contribution in [2.75, 3.05) is 19.6 Å². The second kappa shape index (κ2) is 5.38. The Morgan fingerprint density at radius 3 is 2.31 bits per heavy atom. The van der Waals surface area contributed by atoms with Gasteiger partial charge >= 0.3 is 0 Å². The van der Waals surface area contributed by atoms with Crippen LogP contribution in [0.15, 0.2) is 0 Å². The topological polar surface area (TPSA) is 27.0 Å². The molecule has 1 heterocycles. The molecule has 0 aromatic rings. The van der Waals surface area contributed by atoms with Crippen LogP contribution in [0.3, 0.4) is 0 Å². The van der Waals surface area contributed by atoms with E-state index in [4.69, 9.17) is 16.9 Å². The van der Waals surface area contributed by atoms with Crippen LogP contribution in [0.4, 0.5) is 0 Å². The Labute approximate surface area is 104 Å². The van der Waals surface area contributed by atoms with E-state index in [0.29, 0.717) is 5.41 Å². The molecule has 1 saturated heterocycles. The monoisotopic (exact) mass is 240 g/mol. The lowest BCUT2D eigenvalue weighted by atomic mass is 9.68. The molecule has 2 fully saturated rings. The maximum absolute atomic E-state index is 8.70. The number of piperidine rings is 1. The zero-order chi connectivity index (χ0) is 11.4. The number of likely N-dealkylation sites (tertiary alicyclic amines) is 1. The molecule has 90 valence electrons. The van der Waals surface area contributed by atoms with Crippen LogP contribution in [0.2, 0.25) is 0 Å². The minimum atomic E-state index is -0.333. The second-order valence-electron chi connectivity index (χ2n) is 5.46. The van der Waals surface area contributed by atoms with E-state index in [1.54, 1.807) is 0 Å². The van der Waals surface area contributed by atoms with E-state index in [1.165, 1.54) is 44.9 Å². The van der Waals surface area contributed by atoms with E-state index < -0.39 is 0 Å². The van der Waals surface area contributed by atoms with Gasteiger partial charge in [-0.15, -0.1) is 11.6 Å². The highest BCUT2D eigenvalue weighted by Crippen LogP contribution is 2.44. The molecule has 1 unspecified atom stereocenters.